The monoisotopic (exact) mass is 636 g/mol. The van der Waals surface area contributed by atoms with E-state index in [2.05, 4.69) is 16.0 Å². The molecule has 0 fully saturated rings. The molecule has 3 N–H and O–H groups in total. The molecular weight excluding hydrogens is 583 g/mol. The van der Waals surface area contributed by atoms with Gasteiger partial charge < -0.3 is 20.7 Å². The van der Waals surface area contributed by atoms with Crippen LogP contribution in [0.3, 0.4) is 0 Å². The highest BCUT2D eigenvalue weighted by atomic mass is 32.2. The molecule has 3 atom stereocenters. The summed E-state index contributed by atoms with van der Waals surface area (Å²) in [4.78, 5) is 26.6. The number of amides is 2. The maximum Gasteiger partial charge on any atom is 0.243 e. The zero-order valence-electron chi connectivity index (χ0n) is 27.8. The molecule has 2 rings (SSSR count). The fourth-order valence-electron chi connectivity index (χ4n) is 4.58. The first-order valence-corrected chi connectivity index (χ1v) is 17.0. The van der Waals surface area contributed by atoms with Gasteiger partial charge in [0.05, 0.1) is 24.9 Å². The minimum atomic E-state index is -3.53. The number of ether oxygens (including phenoxy) is 1. The van der Waals surface area contributed by atoms with E-state index in [0.29, 0.717) is 25.1 Å². The van der Waals surface area contributed by atoms with Crippen LogP contribution in [0.5, 0.6) is 0 Å². The third kappa shape index (κ3) is 14.3. The van der Waals surface area contributed by atoms with Crippen LogP contribution in [-0.2, 0) is 37.3 Å². The average molecular weight is 637 g/mol. The lowest BCUT2D eigenvalue weighted by Crippen LogP contribution is -2.59. The Hall–Kier alpha value is -2.86. The van der Waals surface area contributed by atoms with Crippen molar-refractivity contribution >= 4 is 21.8 Å². The molecule has 9 nitrogen and oxygen atoms in total. The molecule has 0 aromatic heterocycles. The molecule has 11 heteroatoms. The highest BCUT2D eigenvalue weighted by Gasteiger charge is 2.36. The molecule has 0 aliphatic heterocycles. The molecule has 2 aromatic carbocycles. The Bertz CT molecular complexity index is 1250. The fraction of sp³-hybridized carbons (Fsp3) is 0.576. The maximum atomic E-state index is 13.8. The van der Waals surface area contributed by atoms with E-state index < -0.39 is 39.5 Å². The fourth-order valence-corrected chi connectivity index (χ4v) is 5.57. The Morgan fingerprint density at radius 1 is 0.955 bits per heavy atom. The Balaban J connectivity index is 0.00000474. The van der Waals surface area contributed by atoms with Gasteiger partial charge in [-0.1, -0.05) is 90.9 Å². The molecule has 0 unspecified atom stereocenters. The SMILES string of the molecule is CC.CO[C@H](CN(CC(C)C)S(C)(=O)=O)[C@H](Cc1ccccc1)NC(=O)[C@@H](NC(=O)CNCc1cccc(F)c1)C(C)(C)C. The summed E-state index contributed by atoms with van der Waals surface area (Å²) in [5, 5.41) is 8.89. The summed E-state index contributed by atoms with van der Waals surface area (Å²) in [6.45, 7) is 14.0. The van der Waals surface area contributed by atoms with Crippen molar-refractivity contribution in [2.24, 2.45) is 11.3 Å². The van der Waals surface area contributed by atoms with Gasteiger partial charge in [-0.05, 0) is 41.0 Å². The van der Waals surface area contributed by atoms with Gasteiger partial charge in [-0.2, -0.15) is 4.31 Å². The first-order chi connectivity index (χ1) is 20.6. The van der Waals surface area contributed by atoms with E-state index >= 15 is 0 Å². The maximum absolute atomic E-state index is 13.8. The van der Waals surface area contributed by atoms with Gasteiger partial charge in [-0.25, -0.2) is 12.8 Å². The molecule has 0 radical (unpaired) electrons. The Labute approximate surface area is 264 Å². The van der Waals surface area contributed by atoms with E-state index in [4.69, 9.17) is 4.74 Å². The largest absolute Gasteiger partial charge is 0.378 e. The lowest BCUT2D eigenvalue weighted by molar-refractivity contribution is -0.132. The van der Waals surface area contributed by atoms with Gasteiger partial charge in [0, 0.05) is 26.7 Å². The van der Waals surface area contributed by atoms with Crippen LogP contribution in [0.15, 0.2) is 54.6 Å². The van der Waals surface area contributed by atoms with Crippen molar-refractivity contribution in [3.63, 3.8) is 0 Å². The minimum Gasteiger partial charge on any atom is -0.378 e. The van der Waals surface area contributed by atoms with Crippen molar-refractivity contribution in [3.8, 4) is 0 Å². The van der Waals surface area contributed by atoms with Gasteiger partial charge >= 0.3 is 0 Å². The number of sulfonamides is 1. The number of rotatable bonds is 16. The van der Waals surface area contributed by atoms with Crippen LogP contribution in [0.4, 0.5) is 4.39 Å². The highest BCUT2D eigenvalue weighted by molar-refractivity contribution is 7.88. The summed E-state index contributed by atoms with van der Waals surface area (Å²) in [7, 11) is -2.03. The molecule has 0 heterocycles. The molecule has 2 aromatic rings. The Morgan fingerprint density at radius 2 is 1.57 bits per heavy atom. The first-order valence-electron chi connectivity index (χ1n) is 15.2. The quantitative estimate of drug-likeness (QED) is 0.255. The van der Waals surface area contributed by atoms with E-state index in [0.717, 1.165) is 5.56 Å². The number of hydrogen-bond acceptors (Lipinski definition) is 6. The lowest BCUT2D eigenvalue weighted by atomic mass is 9.85. The summed E-state index contributed by atoms with van der Waals surface area (Å²) < 4.78 is 45.8. The number of carbonyl (C=O) groups excluding carboxylic acids is 2. The van der Waals surface area contributed by atoms with Crippen molar-refractivity contribution in [1.82, 2.24) is 20.3 Å². The summed E-state index contributed by atoms with van der Waals surface area (Å²) in [6, 6.07) is 14.2. The van der Waals surface area contributed by atoms with E-state index in [9.17, 15) is 22.4 Å². The second kappa shape index (κ2) is 18.8. The second-order valence-electron chi connectivity index (χ2n) is 12.2. The van der Waals surface area contributed by atoms with E-state index in [1.165, 1.54) is 29.8 Å². The number of nitrogens with one attached hydrogen (secondary N) is 3. The van der Waals surface area contributed by atoms with Crippen LogP contribution in [0.25, 0.3) is 0 Å². The molecule has 0 spiro atoms. The smallest absolute Gasteiger partial charge is 0.243 e. The Kier molecular flexibility index (Phi) is 16.8. The zero-order valence-corrected chi connectivity index (χ0v) is 28.6. The number of benzene rings is 2. The number of nitrogens with zero attached hydrogens (tertiary/aromatic N) is 1. The van der Waals surface area contributed by atoms with Gasteiger partial charge in [0.25, 0.3) is 0 Å². The molecule has 0 bridgehead atoms. The van der Waals surface area contributed by atoms with Gasteiger partial charge in [0.1, 0.15) is 11.9 Å². The normalized spacial score (nSPS) is 13.9. The van der Waals surface area contributed by atoms with Crippen LogP contribution in [0, 0.1) is 17.2 Å². The summed E-state index contributed by atoms with van der Waals surface area (Å²) in [5.74, 6) is -1.05. The van der Waals surface area contributed by atoms with Gasteiger partial charge in [-0.3, -0.25) is 9.59 Å². The van der Waals surface area contributed by atoms with E-state index in [1.54, 1.807) is 12.1 Å². The summed E-state index contributed by atoms with van der Waals surface area (Å²) in [5.41, 5.74) is 0.999. The van der Waals surface area contributed by atoms with Crippen molar-refractivity contribution in [1.29, 1.82) is 0 Å². The van der Waals surface area contributed by atoms with Crippen LogP contribution in [-0.4, -0.2) is 75.7 Å². The van der Waals surface area contributed by atoms with Gasteiger partial charge in [0.15, 0.2) is 0 Å². The van der Waals surface area contributed by atoms with Gasteiger partial charge in [0.2, 0.25) is 21.8 Å². The molecular formula is C33H53FN4O5S. The molecule has 44 heavy (non-hydrogen) atoms. The third-order valence-electron chi connectivity index (χ3n) is 6.74. The molecule has 0 aliphatic rings. The number of methoxy groups -OCH3 is 1. The zero-order chi connectivity index (χ0) is 33.5. The summed E-state index contributed by atoms with van der Waals surface area (Å²) >= 11 is 0. The number of halogens is 1. The minimum absolute atomic E-state index is 0.0574. The van der Waals surface area contributed by atoms with Crippen molar-refractivity contribution in [3.05, 3.63) is 71.5 Å². The Morgan fingerprint density at radius 3 is 2.09 bits per heavy atom. The predicted octanol–water partition coefficient (Wildman–Crippen LogP) is 4.13. The van der Waals surface area contributed by atoms with E-state index in [1.807, 2.05) is 78.8 Å². The highest BCUT2D eigenvalue weighted by Crippen LogP contribution is 2.21. The third-order valence-corrected chi connectivity index (χ3v) is 7.97. The summed E-state index contributed by atoms with van der Waals surface area (Å²) in [6.07, 6.45) is 0.900. The molecule has 0 aliphatic carbocycles. The van der Waals surface area contributed by atoms with Crippen molar-refractivity contribution < 1.29 is 27.1 Å². The molecule has 0 saturated carbocycles. The first kappa shape index (κ1) is 39.2. The average Bonchev–Trinajstić information content (AvgIpc) is 2.94. The molecule has 2 amide bonds. The van der Waals surface area contributed by atoms with Crippen LogP contribution in [0.2, 0.25) is 0 Å². The van der Waals surface area contributed by atoms with Crippen LogP contribution >= 0.6 is 0 Å². The molecule has 248 valence electrons. The molecule has 0 saturated heterocycles. The number of hydrogen-bond donors (Lipinski definition) is 3. The van der Waals surface area contributed by atoms with Crippen molar-refractivity contribution in [2.75, 3.05) is 33.0 Å². The number of carbonyl (C=O) groups is 2. The van der Waals surface area contributed by atoms with E-state index in [-0.39, 0.29) is 30.7 Å². The lowest BCUT2D eigenvalue weighted by Gasteiger charge is -2.35. The van der Waals surface area contributed by atoms with Crippen molar-refractivity contribution in [2.45, 2.75) is 79.6 Å². The second-order valence-corrected chi connectivity index (χ2v) is 14.1. The van der Waals surface area contributed by atoms with Crippen LogP contribution in [0.1, 0.15) is 59.6 Å². The topological polar surface area (TPSA) is 117 Å². The van der Waals surface area contributed by atoms with Gasteiger partial charge in [-0.15, -0.1) is 0 Å². The predicted molar refractivity (Wildman–Crippen MR) is 175 cm³/mol. The standard InChI is InChI=1S/C31H47FN4O5S.C2H6/c1-22(2)20-36(42(7,39)40)21-27(41-6)26(17-23-12-9-8-10-13-23)34-30(38)29(31(3,4)5)35-28(37)19-33-18-24-14-11-15-25(32)16-24;1-2/h8-16,22,26-27,29,33H,17-21H2,1-7H3,(H,34,38)(H,35,37);1-2H3/t26-,27+,29+;/m0./s1. The van der Waals surface area contributed by atoms with Crippen LogP contribution < -0.4 is 16.0 Å².